The smallest absolute Gasteiger partial charge is 0.169 e. The van der Waals surface area contributed by atoms with Crippen molar-refractivity contribution in [2.24, 2.45) is 4.99 Å². The lowest BCUT2D eigenvalue weighted by Crippen LogP contribution is -2.30. The number of aliphatic imine (C=N–C) groups is 1. The quantitative estimate of drug-likeness (QED) is 0.419. The SMILES string of the molecule is C\C=C/C(C=Cc1cc[n+](CC)cc1)=C\C=N\CC. The van der Waals surface area contributed by atoms with Crippen molar-refractivity contribution in [3.8, 4) is 0 Å². The number of aromatic nitrogens is 1. The molecule has 0 N–H and O–H groups in total. The molecule has 19 heavy (non-hydrogen) atoms. The number of rotatable bonds is 6. The lowest BCUT2D eigenvalue weighted by Gasteiger charge is -1.94. The van der Waals surface area contributed by atoms with E-state index in [4.69, 9.17) is 0 Å². The molecule has 0 aliphatic carbocycles. The second kappa shape index (κ2) is 9.03. The molecule has 0 radical (unpaired) electrons. The van der Waals surface area contributed by atoms with Crippen LogP contribution in [0.25, 0.3) is 6.08 Å². The average molecular weight is 255 g/mol. The van der Waals surface area contributed by atoms with Crippen LogP contribution in [0, 0.1) is 0 Å². The van der Waals surface area contributed by atoms with Gasteiger partial charge in [-0.3, -0.25) is 4.99 Å². The van der Waals surface area contributed by atoms with Crippen LogP contribution >= 0.6 is 0 Å². The van der Waals surface area contributed by atoms with Crippen molar-refractivity contribution in [1.29, 1.82) is 0 Å². The number of hydrogen-bond acceptors (Lipinski definition) is 1. The van der Waals surface area contributed by atoms with E-state index in [1.54, 1.807) is 0 Å². The molecule has 1 aromatic heterocycles. The Bertz CT molecular complexity index is 476. The molecule has 0 fully saturated rings. The van der Waals surface area contributed by atoms with Gasteiger partial charge < -0.3 is 0 Å². The second-order valence-corrected chi connectivity index (χ2v) is 4.11. The summed E-state index contributed by atoms with van der Waals surface area (Å²) >= 11 is 0. The van der Waals surface area contributed by atoms with Crippen molar-refractivity contribution < 1.29 is 4.57 Å². The molecule has 0 aliphatic rings. The molecular weight excluding hydrogens is 232 g/mol. The molecule has 0 bridgehead atoms. The minimum atomic E-state index is 0.818. The van der Waals surface area contributed by atoms with E-state index in [1.165, 1.54) is 5.56 Å². The van der Waals surface area contributed by atoms with Crippen molar-refractivity contribution >= 4 is 12.3 Å². The van der Waals surface area contributed by atoms with E-state index in [9.17, 15) is 0 Å². The fourth-order valence-corrected chi connectivity index (χ4v) is 1.59. The van der Waals surface area contributed by atoms with Crippen molar-refractivity contribution in [2.75, 3.05) is 6.54 Å². The van der Waals surface area contributed by atoms with E-state index >= 15 is 0 Å². The maximum atomic E-state index is 4.20. The van der Waals surface area contributed by atoms with Crippen LogP contribution in [-0.4, -0.2) is 12.8 Å². The van der Waals surface area contributed by atoms with Crippen LogP contribution in [0.4, 0.5) is 0 Å². The molecule has 1 aromatic rings. The molecule has 0 aromatic carbocycles. The monoisotopic (exact) mass is 255 g/mol. The Morgan fingerprint density at radius 2 is 1.95 bits per heavy atom. The number of nitrogens with zero attached hydrogens (tertiary/aromatic N) is 2. The van der Waals surface area contributed by atoms with Crippen LogP contribution in [0.1, 0.15) is 26.3 Å². The molecule has 100 valence electrons. The molecule has 0 amide bonds. The van der Waals surface area contributed by atoms with Gasteiger partial charge in [0.15, 0.2) is 12.4 Å². The van der Waals surface area contributed by atoms with E-state index in [0.717, 1.165) is 18.7 Å². The molecule has 1 rings (SSSR count). The maximum Gasteiger partial charge on any atom is 0.169 e. The summed E-state index contributed by atoms with van der Waals surface area (Å²) in [5.41, 5.74) is 2.35. The lowest BCUT2D eigenvalue weighted by molar-refractivity contribution is -0.693. The fourth-order valence-electron chi connectivity index (χ4n) is 1.59. The zero-order valence-corrected chi connectivity index (χ0v) is 12.1. The zero-order chi connectivity index (χ0) is 13.9. The number of pyridine rings is 1. The third-order valence-electron chi connectivity index (χ3n) is 2.66. The van der Waals surface area contributed by atoms with Crippen molar-refractivity contribution in [3.63, 3.8) is 0 Å². The fraction of sp³-hybridized carbons (Fsp3) is 0.294. The summed E-state index contributed by atoms with van der Waals surface area (Å²) in [4.78, 5) is 4.20. The number of allylic oxidation sites excluding steroid dienone is 5. The van der Waals surface area contributed by atoms with E-state index in [1.807, 2.05) is 32.2 Å². The van der Waals surface area contributed by atoms with Crippen LogP contribution in [0.2, 0.25) is 0 Å². The Labute approximate surface area is 116 Å². The molecule has 2 nitrogen and oxygen atoms in total. The van der Waals surface area contributed by atoms with Gasteiger partial charge in [-0.25, -0.2) is 4.57 Å². The van der Waals surface area contributed by atoms with Gasteiger partial charge in [0.25, 0.3) is 0 Å². The molecule has 0 saturated heterocycles. The Kier molecular flexibility index (Phi) is 7.18. The Balaban J connectivity index is 2.79. The zero-order valence-electron chi connectivity index (χ0n) is 12.1. The first-order chi connectivity index (χ1) is 9.30. The third kappa shape index (κ3) is 5.96. The highest BCUT2D eigenvalue weighted by atomic mass is 14.9. The summed E-state index contributed by atoms with van der Waals surface area (Å²) in [6.45, 7) is 8.00. The van der Waals surface area contributed by atoms with Gasteiger partial charge in [-0.1, -0.05) is 24.3 Å². The average Bonchev–Trinajstić information content (AvgIpc) is 2.45. The first-order valence-electron chi connectivity index (χ1n) is 6.80. The van der Waals surface area contributed by atoms with Gasteiger partial charge in [0.1, 0.15) is 6.54 Å². The van der Waals surface area contributed by atoms with Crippen LogP contribution < -0.4 is 4.57 Å². The molecule has 0 saturated carbocycles. The van der Waals surface area contributed by atoms with E-state index in [0.29, 0.717) is 0 Å². The summed E-state index contributed by atoms with van der Waals surface area (Å²) in [5, 5.41) is 0. The predicted molar refractivity (Wildman–Crippen MR) is 83.3 cm³/mol. The summed E-state index contributed by atoms with van der Waals surface area (Å²) < 4.78 is 2.15. The molecule has 0 atom stereocenters. The predicted octanol–water partition coefficient (Wildman–Crippen LogP) is 3.60. The van der Waals surface area contributed by atoms with Crippen LogP contribution in [0.15, 0.2) is 59.4 Å². The van der Waals surface area contributed by atoms with Gasteiger partial charge in [-0.2, -0.15) is 0 Å². The Morgan fingerprint density at radius 1 is 1.21 bits per heavy atom. The largest absolute Gasteiger partial charge is 0.293 e. The van der Waals surface area contributed by atoms with Crippen molar-refractivity contribution in [3.05, 3.63) is 60.0 Å². The summed E-state index contributed by atoms with van der Waals surface area (Å²) in [5.74, 6) is 0. The topological polar surface area (TPSA) is 16.2 Å². The van der Waals surface area contributed by atoms with Gasteiger partial charge in [0.2, 0.25) is 0 Å². The summed E-state index contributed by atoms with van der Waals surface area (Å²) in [6.07, 6.45) is 16.4. The lowest BCUT2D eigenvalue weighted by atomic mass is 10.1. The van der Waals surface area contributed by atoms with E-state index < -0.39 is 0 Å². The van der Waals surface area contributed by atoms with Gasteiger partial charge >= 0.3 is 0 Å². The molecule has 2 heteroatoms. The van der Waals surface area contributed by atoms with Crippen LogP contribution in [0.3, 0.4) is 0 Å². The normalized spacial score (nSPS) is 13.1. The molecule has 0 aliphatic heterocycles. The molecule has 0 spiro atoms. The first-order valence-corrected chi connectivity index (χ1v) is 6.80. The van der Waals surface area contributed by atoms with Crippen LogP contribution in [-0.2, 0) is 6.54 Å². The molecular formula is C17H23N2+. The van der Waals surface area contributed by atoms with Gasteiger partial charge in [0.05, 0.1) is 0 Å². The molecule has 0 unspecified atom stereocenters. The molecule has 1 heterocycles. The summed E-state index contributed by atoms with van der Waals surface area (Å²) in [6, 6.07) is 4.24. The maximum absolute atomic E-state index is 4.20. The highest BCUT2D eigenvalue weighted by Gasteiger charge is 1.94. The Morgan fingerprint density at radius 3 is 2.53 bits per heavy atom. The number of aryl methyl sites for hydroxylation is 1. The van der Waals surface area contributed by atoms with E-state index in [2.05, 4.69) is 59.2 Å². The van der Waals surface area contributed by atoms with Crippen molar-refractivity contribution in [1.82, 2.24) is 0 Å². The first kappa shape index (κ1) is 15.1. The summed E-state index contributed by atoms with van der Waals surface area (Å²) in [7, 11) is 0. The highest BCUT2D eigenvalue weighted by molar-refractivity contribution is 5.75. The van der Waals surface area contributed by atoms with Crippen molar-refractivity contribution in [2.45, 2.75) is 27.3 Å². The van der Waals surface area contributed by atoms with Gasteiger partial charge in [0, 0.05) is 24.9 Å². The number of hydrogen-bond donors (Lipinski definition) is 0. The minimum Gasteiger partial charge on any atom is -0.293 e. The van der Waals surface area contributed by atoms with Gasteiger partial charge in [-0.15, -0.1) is 0 Å². The highest BCUT2D eigenvalue weighted by Crippen LogP contribution is 2.05. The second-order valence-electron chi connectivity index (χ2n) is 4.11. The standard InChI is InChI=1S/C17H23N2/c1-4-7-16(10-13-18-5-2)8-9-17-11-14-19(6-3)15-12-17/h4,7-15H,5-6H2,1-3H3/q+1/b7-4-,9-8?,16-10+,18-13+. The van der Waals surface area contributed by atoms with Crippen LogP contribution in [0.5, 0.6) is 0 Å². The van der Waals surface area contributed by atoms with E-state index in [-0.39, 0.29) is 0 Å². The Hall–Kier alpha value is -1.96. The third-order valence-corrected chi connectivity index (χ3v) is 2.66. The minimum absolute atomic E-state index is 0.818. The van der Waals surface area contributed by atoms with Gasteiger partial charge in [-0.05, 0) is 38.0 Å².